The number of esters is 1. The number of fused-ring (bicyclic) bond motifs is 1. The van der Waals surface area contributed by atoms with Gasteiger partial charge < -0.3 is 14.5 Å². The Bertz CT molecular complexity index is 1480. The predicted molar refractivity (Wildman–Crippen MR) is 142 cm³/mol. The zero-order valence-corrected chi connectivity index (χ0v) is 21.9. The second kappa shape index (κ2) is 10.5. The van der Waals surface area contributed by atoms with Crippen LogP contribution >= 0.6 is 0 Å². The molecule has 10 heteroatoms. The lowest BCUT2D eigenvalue weighted by molar-refractivity contribution is -0.155. The minimum Gasteiger partial charge on any atom is -0.455 e. The molecule has 0 spiro atoms. The van der Waals surface area contributed by atoms with Gasteiger partial charge in [-0.05, 0) is 42.0 Å². The molecule has 0 saturated carbocycles. The number of carbonyl (C=O) groups is 3. The maximum absolute atomic E-state index is 13.2. The molecule has 2 amide bonds. The Morgan fingerprint density at radius 3 is 2.32 bits per heavy atom. The van der Waals surface area contributed by atoms with E-state index in [2.05, 4.69) is 0 Å². The Balaban J connectivity index is 1.12. The molecule has 2 heterocycles. The number of piperazine rings is 1. The van der Waals surface area contributed by atoms with Gasteiger partial charge >= 0.3 is 5.97 Å². The van der Waals surface area contributed by atoms with E-state index in [0.717, 1.165) is 22.0 Å². The van der Waals surface area contributed by atoms with Crippen molar-refractivity contribution in [3.63, 3.8) is 0 Å². The summed E-state index contributed by atoms with van der Waals surface area (Å²) in [4.78, 5) is 41.0. The van der Waals surface area contributed by atoms with E-state index in [1.165, 1.54) is 9.21 Å². The normalized spacial score (nSPS) is 18.7. The average Bonchev–Trinajstić information content (AvgIpc) is 3.33. The van der Waals surface area contributed by atoms with Gasteiger partial charge in [-0.25, -0.2) is 8.42 Å². The first-order valence-corrected chi connectivity index (χ1v) is 14.0. The minimum atomic E-state index is -3.70. The molecule has 1 atom stereocenters. The average molecular weight is 536 g/mol. The largest absolute Gasteiger partial charge is 0.455 e. The van der Waals surface area contributed by atoms with Gasteiger partial charge in [-0.2, -0.15) is 4.31 Å². The van der Waals surface area contributed by atoms with Crippen molar-refractivity contribution >= 4 is 44.3 Å². The van der Waals surface area contributed by atoms with E-state index in [9.17, 15) is 22.8 Å². The van der Waals surface area contributed by atoms with Gasteiger partial charge in [0.25, 0.3) is 5.91 Å². The number of sulfonamides is 1. The zero-order chi connectivity index (χ0) is 26.9. The summed E-state index contributed by atoms with van der Waals surface area (Å²) in [5.41, 5.74) is 1.80. The van der Waals surface area contributed by atoms with Crippen molar-refractivity contribution in [2.24, 2.45) is 5.92 Å². The molecule has 0 N–H and O–H groups in total. The quantitative estimate of drug-likeness (QED) is 0.450. The standard InChI is InChI=1S/C28H29N3O6S/c1-20-6-9-24(10-7-20)31-18-23(17-26(31)32)28(34)37-19-27(33)29-12-14-30(15-13-29)38(35,36)25-11-8-21-4-2-3-5-22(21)16-25/h2-11,16,23H,12-15,17-19H2,1H3/t23-/m1/s1. The molecular formula is C28H29N3O6S. The van der Waals surface area contributed by atoms with E-state index >= 15 is 0 Å². The summed E-state index contributed by atoms with van der Waals surface area (Å²) >= 11 is 0. The molecule has 2 aliphatic rings. The fraction of sp³-hybridized carbons (Fsp3) is 0.321. The van der Waals surface area contributed by atoms with Crippen LogP contribution in [0.4, 0.5) is 5.69 Å². The monoisotopic (exact) mass is 535 g/mol. The van der Waals surface area contributed by atoms with E-state index in [4.69, 9.17) is 4.74 Å². The van der Waals surface area contributed by atoms with E-state index in [0.29, 0.717) is 0 Å². The molecule has 2 aliphatic heterocycles. The summed E-state index contributed by atoms with van der Waals surface area (Å²) in [6.45, 7) is 2.43. The van der Waals surface area contributed by atoms with Crippen LogP contribution < -0.4 is 4.90 Å². The lowest BCUT2D eigenvalue weighted by atomic mass is 10.1. The Hall–Kier alpha value is -3.76. The van der Waals surface area contributed by atoms with Gasteiger partial charge in [-0.3, -0.25) is 14.4 Å². The van der Waals surface area contributed by atoms with Crippen molar-refractivity contribution < 1.29 is 27.5 Å². The van der Waals surface area contributed by atoms with Gasteiger partial charge in [-0.15, -0.1) is 0 Å². The molecule has 38 heavy (non-hydrogen) atoms. The molecule has 3 aromatic carbocycles. The maximum Gasteiger partial charge on any atom is 0.311 e. The topological polar surface area (TPSA) is 104 Å². The summed E-state index contributed by atoms with van der Waals surface area (Å²) in [6, 6.07) is 20.1. The van der Waals surface area contributed by atoms with Crippen molar-refractivity contribution in [2.45, 2.75) is 18.2 Å². The third-order valence-corrected chi connectivity index (χ3v) is 8.99. The first-order chi connectivity index (χ1) is 18.2. The maximum atomic E-state index is 13.2. The predicted octanol–water partition coefficient (Wildman–Crippen LogP) is 2.58. The minimum absolute atomic E-state index is 0.0339. The first kappa shape index (κ1) is 25.9. The van der Waals surface area contributed by atoms with Crippen LogP contribution in [-0.2, 0) is 29.1 Å². The Kier molecular flexibility index (Phi) is 7.18. The fourth-order valence-electron chi connectivity index (χ4n) is 4.84. The number of amides is 2. The molecule has 3 aromatic rings. The van der Waals surface area contributed by atoms with Crippen LogP contribution in [0.25, 0.3) is 10.8 Å². The van der Waals surface area contributed by atoms with Gasteiger partial charge in [0.15, 0.2) is 6.61 Å². The molecule has 9 nitrogen and oxygen atoms in total. The highest BCUT2D eigenvalue weighted by atomic mass is 32.2. The van der Waals surface area contributed by atoms with Crippen LogP contribution in [0.1, 0.15) is 12.0 Å². The van der Waals surface area contributed by atoms with Gasteiger partial charge in [0, 0.05) is 44.8 Å². The number of benzene rings is 3. The van der Waals surface area contributed by atoms with Crippen LogP contribution in [0.5, 0.6) is 0 Å². The molecule has 5 rings (SSSR count). The number of aryl methyl sites for hydroxylation is 1. The van der Waals surface area contributed by atoms with Gasteiger partial charge in [-0.1, -0.05) is 48.0 Å². The number of nitrogens with zero attached hydrogens (tertiary/aromatic N) is 3. The van der Waals surface area contributed by atoms with Gasteiger partial charge in [0.2, 0.25) is 15.9 Å². The van der Waals surface area contributed by atoms with Crippen molar-refractivity contribution in [1.29, 1.82) is 0 Å². The van der Waals surface area contributed by atoms with E-state index < -0.39 is 28.5 Å². The van der Waals surface area contributed by atoms with Crippen molar-refractivity contribution in [1.82, 2.24) is 9.21 Å². The third-order valence-electron chi connectivity index (χ3n) is 7.09. The summed E-state index contributed by atoms with van der Waals surface area (Å²) in [6.07, 6.45) is 0.0339. The van der Waals surface area contributed by atoms with Crippen LogP contribution in [0.2, 0.25) is 0 Å². The highest BCUT2D eigenvalue weighted by Crippen LogP contribution is 2.26. The highest BCUT2D eigenvalue weighted by molar-refractivity contribution is 7.89. The van der Waals surface area contributed by atoms with E-state index in [1.807, 2.05) is 55.5 Å². The molecule has 2 saturated heterocycles. The zero-order valence-electron chi connectivity index (χ0n) is 21.1. The number of ether oxygens (including phenoxy) is 1. The molecule has 0 aliphatic carbocycles. The molecule has 0 aromatic heterocycles. The Morgan fingerprint density at radius 1 is 0.921 bits per heavy atom. The lowest BCUT2D eigenvalue weighted by Gasteiger charge is -2.34. The lowest BCUT2D eigenvalue weighted by Crippen LogP contribution is -2.51. The van der Waals surface area contributed by atoms with E-state index in [-0.39, 0.29) is 55.9 Å². The smallest absolute Gasteiger partial charge is 0.311 e. The first-order valence-electron chi connectivity index (χ1n) is 12.5. The number of hydrogen-bond donors (Lipinski definition) is 0. The van der Waals surface area contributed by atoms with Crippen molar-refractivity contribution in [3.8, 4) is 0 Å². The van der Waals surface area contributed by atoms with Crippen molar-refractivity contribution in [2.75, 3.05) is 44.2 Å². The fourth-order valence-corrected chi connectivity index (χ4v) is 6.29. The number of anilines is 1. The molecular weight excluding hydrogens is 506 g/mol. The summed E-state index contributed by atoms with van der Waals surface area (Å²) in [7, 11) is -3.70. The summed E-state index contributed by atoms with van der Waals surface area (Å²) in [5, 5.41) is 1.80. The summed E-state index contributed by atoms with van der Waals surface area (Å²) in [5.74, 6) is -1.77. The number of rotatable bonds is 6. The van der Waals surface area contributed by atoms with Crippen LogP contribution in [-0.4, -0.2) is 74.7 Å². The second-order valence-corrected chi connectivity index (χ2v) is 11.6. The SMILES string of the molecule is Cc1ccc(N2C[C@H](C(=O)OCC(=O)N3CCN(S(=O)(=O)c4ccc5ccccc5c4)CC3)CC2=O)cc1. The van der Waals surface area contributed by atoms with Crippen LogP contribution in [0.15, 0.2) is 71.6 Å². The van der Waals surface area contributed by atoms with Crippen molar-refractivity contribution in [3.05, 3.63) is 72.3 Å². The van der Waals surface area contributed by atoms with E-state index in [1.54, 1.807) is 23.1 Å². The number of carbonyl (C=O) groups excluding carboxylic acids is 3. The Labute approximate surface area is 221 Å². The highest BCUT2D eigenvalue weighted by Gasteiger charge is 2.37. The third kappa shape index (κ3) is 5.27. The molecule has 0 unspecified atom stereocenters. The molecule has 198 valence electrons. The van der Waals surface area contributed by atoms with Crippen LogP contribution in [0.3, 0.4) is 0 Å². The van der Waals surface area contributed by atoms with Gasteiger partial charge in [0.05, 0.1) is 10.8 Å². The Morgan fingerprint density at radius 2 is 1.61 bits per heavy atom. The second-order valence-electron chi connectivity index (χ2n) is 9.64. The molecule has 2 fully saturated rings. The molecule has 0 radical (unpaired) electrons. The van der Waals surface area contributed by atoms with Crippen LogP contribution in [0, 0.1) is 12.8 Å². The number of hydrogen-bond acceptors (Lipinski definition) is 6. The molecule has 0 bridgehead atoms. The van der Waals surface area contributed by atoms with Gasteiger partial charge in [0.1, 0.15) is 0 Å². The summed E-state index contributed by atoms with van der Waals surface area (Å²) < 4.78 is 33.0.